The smallest absolute Gasteiger partial charge is 0.471 e. The van der Waals surface area contributed by atoms with Gasteiger partial charge in [-0.15, -0.1) is 0 Å². The third kappa shape index (κ3) is 1.91. The van der Waals surface area contributed by atoms with Crippen LogP contribution in [-0.2, 0) is 16.0 Å². The first-order valence-electron chi connectivity index (χ1n) is 4.95. The van der Waals surface area contributed by atoms with Crippen molar-refractivity contribution in [1.29, 1.82) is 0 Å². The van der Waals surface area contributed by atoms with Gasteiger partial charge in [0.1, 0.15) is 0 Å². The van der Waals surface area contributed by atoms with Gasteiger partial charge in [0.25, 0.3) is 0 Å². The van der Waals surface area contributed by atoms with Crippen LogP contribution < -0.4 is 0 Å². The lowest BCUT2D eigenvalue weighted by molar-refractivity contribution is -0.190. The zero-order valence-corrected chi connectivity index (χ0v) is 8.86. The summed E-state index contributed by atoms with van der Waals surface area (Å²) in [5, 5.41) is 8.97. The molecule has 1 aliphatic heterocycles. The molecule has 1 aromatic heterocycles. The molecule has 1 aliphatic rings. The van der Waals surface area contributed by atoms with E-state index in [0.717, 1.165) is 0 Å². The summed E-state index contributed by atoms with van der Waals surface area (Å²) < 4.78 is 37.1. The van der Waals surface area contributed by atoms with Gasteiger partial charge in [-0.2, -0.15) is 13.2 Å². The van der Waals surface area contributed by atoms with Crippen LogP contribution in [0.1, 0.15) is 17.4 Å². The molecule has 9 heteroatoms. The van der Waals surface area contributed by atoms with Crippen molar-refractivity contribution in [1.82, 2.24) is 14.9 Å². The Balaban J connectivity index is 2.39. The number of carbonyl (C=O) groups is 2. The molecule has 6 nitrogen and oxygen atoms in total. The van der Waals surface area contributed by atoms with Gasteiger partial charge < -0.3 is 15.0 Å². The molecule has 2 rings (SSSR count). The maximum atomic E-state index is 12.4. The van der Waals surface area contributed by atoms with Crippen LogP contribution in [0, 0.1) is 0 Å². The highest BCUT2D eigenvalue weighted by Gasteiger charge is 2.48. The van der Waals surface area contributed by atoms with Crippen molar-refractivity contribution in [3.8, 4) is 0 Å². The predicted octanol–water partition coefficient (Wildman–Crippen LogP) is 0.482. The van der Waals surface area contributed by atoms with Gasteiger partial charge in [-0.25, -0.2) is 9.78 Å². The first kappa shape index (κ1) is 12.4. The summed E-state index contributed by atoms with van der Waals surface area (Å²) >= 11 is 0. The van der Waals surface area contributed by atoms with Crippen molar-refractivity contribution in [2.75, 3.05) is 6.54 Å². The molecule has 0 saturated carbocycles. The standard InChI is InChI=1S/C9H8F3N3O3/c10-9(11,12)8(18)15-2-1-4-5(14-3-13-4)6(15)7(16)17/h3,6H,1-2H2,(H,13,14)(H,16,17). The molecule has 0 aliphatic carbocycles. The number of nitrogens with zero attached hydrogens (tertiary/aromatic N) is 2. The lowest BCUT2D eigenvalue weighted by Crippen LogP contribution is -2.49. The molecular weight excluding hydrogens is 255 g/mol. The molecule has 98 valence electrons. The number of carboxylic acids is 1. The number of carbonyl (C=O) groups excluding carboxylic acids is 1. The van der Waals surface area contributed by atoms with Gasteiger partial charge in [0.2, 0.25) is 0 Å². The molecule has 0 bridgehead atoms. The van der Waals surface area contributed by atoms with Crippen LogP contribution in [0.2, 0.25) is 0 Å². The second-order valence-electron chi connectivity index (χ2n) is 3.75. The minimum absolute atomic E-state index is 0.0497. The number of hydrogen-bond donors (Lipinski definition) is 2. The van der Waals surface area contributed by atoms with Crippen LogP contribution >= 0.6 is 0 Å². The molecule has 0 saturated heterocycles. The maximum Gasteiger partial charge on any atom is 0.471 e. The summed E-state index contributed by atoms with van der Waals surface area (Å²) in [7, 11) is 0. The van der Waals surface area contributed by atoms with E-state index >= 15 is 0 Å². The Kier molecular flexibility index (Phi) is 2.76. The van der Waals surface area contributed by atoms with Crippen LogP contribution in [0.3, 0.4) is 0 Å². The van der Waals surface area contributed by atoms with E-state index in [1.807, 2.05) is 0 Å². The number of nitrogens with one attached hydrogen (secondary N) is 1. The summed E-state index contributed by atoms with van der Waals surface area (Å²) in [6.45, 7) is -0.315. The van der Waals surface area contributed by atoms with Crippen LogP contribution in [-0.4, -0.2) is 44.6 Å². The fourth-order valence-electron chi connectivity index (χ4n) is 1.91. The lowest BCUT2D eigenvalue weighted by Gasteiger charge is -2.32. The van der Waals surface area contributed by atoms with E-state index in [0.29, 0.717) is 5.69 Å². The number of H-pyrrole nitrogens is 1. The first-order valence-corrected chi connectivity index (χ1v) is 4.95. The monoisotopic (exact) mass is 263 g/mol. The lowest BCUT2D eigenvalue weighted by atomic mass is 10.0. The number of aliphatic carboxylic acids is 1. The second kappa shape index (κ2) is 4.00. The number of imidazole rings is 1. The highest BCUT2D eigenvalue weighted by atomic mass is 19.4. The molecule has 18 heavy (non-hydrogen) atoms. The minimum Gasteiger partial charge on any atom is -0.479 e. The topological polar surface area (TPSA) is 86.3 Å². The van der Waals surface area contributed by atoms with Crippen molar-refractivity contribution in [3.05, 3.63) is 17.7 Å². The quantitative estimate of drug-likeness (QED) is 0.771. The van der Waals surface area contributed by atoms with Crippen LogP contribution in [0.25, 0.3) is 0 Å². The number of fused-ring (bicyclic) bond motifs is 1. The molecule has 0 radical (unpaired) electrons. The van der Waals surface area contributed by atoms with Crippen LogP contribution in [0.4, 0.5) is 13.2 Å². The summed E-state index contributed by atoms with van der Waals surface area (Å²) in [6, 6.07) is -1.70. The number of carboxylic acid groups (broad SMARTS) is 1. The zero-order chi connectivity index (χ0) is 13.5. The predicted molar refractivity (Wildman–Crippen MR) is 50.4 cm³/mol. The van der Waals surface area contributed by atoms with E-state index in [1.165, 1.54) is 6.33 Å². The first-order chi connectivity index (χ1) is 8.32. The Morgan fingerprint density at radius 3 is 2.72 bits per heavy atom. The van der Waals surface area contributed by atoms with Crippen LogP contribution in [0.5, 0.6) is 0 Å². The van der Waals surface area contributed by atoms with E-state index in [9.17, 15) is 22.8 Å². The van der Waals surface area contributed by atoms with Crippen molar-refractivity contribution in [2.45, 2.75) is 18.6 Å². The number of hydrogen-bond acceptors (Lipinski definition) is 3. The molecule has 1 amide bonds. The fourth-order valence-corrected chi connectivity index (χ4v) is 1.91. The number of alkyl halides is 3. The zero-order valence-electron chi connectivity index (χ0n) is 8.86. The van der Waals surface area contributed by atoms with Crippen molar-refractivity contribution in [2.24, 2.45) is 0 Å². The molecule has 1 unspecified atom stereocenters. The Morgan fingerprint density at radius 2 is 2.17 bits per heavy atom. The average Bonchev–Trinajstić information content (AvgIpc) is 2.72. The van der Waals surface area contributed by atoms with E-state index in [-0.39, 0.29) is 23.6 Å². The Bertz CT molecular complexity index is 497. The van der Waals surface area contributed by atoms with Gasteiger partial charge in [0, 0.05) is 18.7 Å². The van der Waals surface area contributed by atoms with E-state index < -0.39 is 24.1 Å². The Morgan fingerprint density at radius 1 is 1.50 bits per heavy atom. The van der Waals surface area contributed by atoms with Crippen molar-refractivity contribution in [3.63, 3.8) is 0 Å². The van der Waals surface area contributed by atoms with Gasteiger partial charge in [-0.1, -0.05) is 0 Å². The van der Waals surface area contributed by atoms with Gasteiger partial charge in [-0.3, -0.25) is 4.79 Å². The van der Waals surface area contributed by atoms with Gasteiger partial charge in [0.15, 0.2) is 6.04 Å². The Hall–Kier alpha value is -2.06. The van der Waals surface area contributed by atoms with E-state index in [1.54, 1.807) is 0 Å². The molecule has 2 N–H and O–H groups in total. The van der Waals surface area contributed by atoms with E-state index in [4.69, 9.17) is 5.11 Å². The Labute approximate surface area is 98.4 Å². The average molecular weight is 263 g/mol. The fraction of sp³-hybridized carbons (Fsp3) is 0.444. The second-order valence-corrected chi connectivity index (χ2v) is 3.75. The SMILES string of the molecule is O=C(O)C1c2nc[nH]c2CCN1C(=O)C(F)(F)F. The molecule has 0 fully saturated rings. The summed E-state index contributed by atoms with van der Waals surface area (Å²) in [6.07, 6.45) is -3.79. The van der Waals surface area contributed by atoms with E-state index in [2.05, 4.69) is 9.97 Å². The number of amides is 1. The van der Waals surface area contributed by atoms with Crippen molar-refractivity contribution < 1.29 is 27.9 Å². The normalized spacial score (nSPS) is 19.5. The summed E-state index contributed by atoms with van der Waals surface area (Å²) in [4.78, 5) is 28.8. The summed E-state index contributed by atoms with van der Waals surface area (Å²) in [5.74, 6) is -3.70. The molecule has 2 heterocycles. The van der Waals surface area contributed by atoms with Gasteiger partial charge in [-0.05, 0) is 0 Å². The summed E-state index contributed by atoms with van der Waals surface area (Å²) in [5.41, 5.74) is 0.389. The van der Waals surface area contributed by atoms with Gasteiger partial charge in [0.05, 0.1) is 12.0 Å². The highest BCUT2D eigenvalue weighted by Crippen LogP contribution is 2.31. The third-order valence-electron chi connectivity index (χ3n) is 2.66. The number of halogens is 3. The maximum absolute atomic E-state index is 12.4. The number of aromatic nitrogens is 2. The van der Waals surface area contributed by atoms with Crippen LogP contribution in [0.15, 0.2) is 6.33 Å². The molecule has 0 aromatic carbocycles. The third-order valence-corrected chi connectivity index (χ3v) is 2.66. The molecule has 0 spiro atoms. The van der Waals surface area contributed by atoms with Crippen molar-refractivity contribution >= 4 is 11.9 Å². The highest BCUT2D eigenvalue weighted by molar-refractivity contribution is 5.88. The minimum atomic E-state index is -5.10. The number of aromatic amines is 1. The number of rotatable bonds is 1. The van der Waals surface area contributed by atoms with Gasteiger partial charge >= 0.3 is 18.1 Å². The molecular formula is C9H8F3N3O3. The molecule has 1 aromatic rings. The molecule has 1 atom stereocenters. The largest absolute Gasteiger partial charge is 0.479 e.